The van der Waals surface area contributed by atoms with Crippen molar-refractivity contribution in [3.63, 3.8) is 0 Å². The van der Waals surface area contributed by atoms with E-state index in [2.05, 4.69) is 0 Å². The highest BCUT2D eigenvalue weighted by Gasteiger charge is 2.20. The number of Topliss-reactive ketones (excluding diaryl/α,β-unsaturated/α-hetero) is 1. The summed E-state index contributed by atoms with van der Waals surface area (Å²) in [6.07, 6.45) is 0.754. The first kappa shape index (κ1) is 19.4. The number of benzene rings is 1. The Kier molecular flexibility index (Phi) is 5.82. The molecule has 2 aromatic heterocycles. The Bertz CT molecular complexity index is 1040. The van der Waals surface area contributed by atoms with Gasteiger partial charge in [0, 0.05) is 36.9 Å². The molecular formula is C20H21FN2O3S. The van der Waals surface area contributed by atoms with Crippen molar-refractivity contribution in [1.82, 2.24) is 9.55 Å². The number of aryl methyl sites for hydroxylation is 1. The molecule has 142 valence electrons. The van der Waals surface area contributed by atoms with Gasteiger partial charge in [-0.15, -0.1) is 11.3 Å². The van der Waals surface area contributed by atoms with Gasteiger partial charge in [-0.25, -0.2) is 9.37 Å². The van der Waals surface area contributed by atoms with Crippen LogP contribution in [0.15, 0.2) is 29.1 Å². The van der Waals surface area contributed by atoms with E-state index in [0.29, 0.717) is 29.1 Å². The van der Waals surface area contributed by atoms with Gasteiger partial charge in [0.25, 0.3) is 5.56 Å². The van der Waals surface area contributed by atoms with Gasteiger partial charge in [-0.2, -0.15) is 0 Å². The first-order chi connectivity index (χ1) is 12.9. The average molecular weight is 388 g/mol. The molecule has 0 radical (unpaired) electrons. The number of carbonyl (C=O) groups is 1. The van der Waals surface area contributed by atoms with Crippen molar-refractivity contribution in [3.05, 3.63) is 51.1 Å². The van der Waals surface area contributed by atoms with Crippen molar-refractivity contribution in [1.29, 1.82) is 0 Å². The Morgan fingerprint density at radius 1 is 1.30 bits per heavy atom. The molecule has 3 aromatic rings. The van der Waals surface area contributed by atoms with Crippen LogP contribution in [-0.4, -0.2) is 29.1 Å². The normalized spacial score (nSPS) is 11.3. The van der Waals surface area contributed by atoms with Crippen LogP contribution in [0.5, 0.6) is 0 Å². The number of fused-ring (bicyclic) bond motifs is 1. The minimum absolute atomic E-state index is 0.0138. The first-order valence-corrected chi connectivity index (χ1v) is 9.51. The molecule has 0 spiro atoms. The van der Waals surface area contributed by atoms with E-state index in [1.54, 1.807) is 23.8 Å². The highest BCUT2D eigenvalue weighted by Crippen LogP contribution is 2.35. The number of ether oxygens (including phenoxy) is 1. The number of rotatable bonds is 7. The second-order valence-electron chi connectivity index (χ2n) is 6.40. The van der Waals surface area contributed by atoms with Gasteiger partial charge in [0.2, 0.25) is 0 Å². The van der Waals surface area contributed by atoms with Gasteiger partial charge >= 0.3 is 0 Å². The minimum Gasteiger partial charge on any atom is -0.384 e. The molecular weight excluding hydrogens is 367 g/mol. The van der Waals surface area contributed by atoms with Crippen LogP contribution in [0.2, 0.25) is 0 Å². The van der Waals surface area contributed by atoms with Crippen molar-refractivity contribution >= 4 is 27.3 Å². The smallest absolute Gasteiger partial charge is 0.262 e. The van der Waals surface area contributed by atoms with Gasteiger partial charge in [-0.05, 0) is 31.5 Å². The average Bonchev–Trinajstić information content (AvgIpc) is 2.96. The lowest BCUT2D eigenvalue weighted by Crippen LogP contribution is -2.27. The highest BCUT2D eigenvalue weighted by molar-refractivity contribution is 7.19. The molecule has 5 nitrogen and oxygen atoms in total. The van der Waals surface area contributed by atoms with Crippen LogP contribution >= 0.6 is 11.3 Å². The Hall–Kier alpha value is -2.38. The third-order valence-electron chi connectivity index (χ3n) is 4.42. The minimum atomic E-state index is -0.324. The fourth-order valence-corrected chi connectivity index (χ4v) is 4.14. The van der Waals surface area contributed by atoms with Crippen molar-refractivity contribution in [2.24, 2.45) is 0 Å². The number of methoxy groups -OCH3 is 1. The van der Waals surface area contributed by atoms with Crippen molar-refractivity contribution < 1.29 is 13.9 Å². The molecule has 0 saturated heterocycles. The Labute approximate surface area is 160 Å². The van der Waals surface area contributed by atoms with E-state index in [4.69, 9.17) is 9.72 Å². The molecule has 2 heterocycles. The number of nitrogens with zero attached hydrogens (tertiary/aromatic N) is 2. The van der Waals surface area contributed by atoms with Crippen molar-refractivity contribution in [2.75, 3.05) is 13.7 Å². The number of hydrogen-bond acceptors (Lipinski definition) is 5. The molecule has 0 saturated carbocycles. The van der Waals surface area contributed by atoms with Crippen LogP contribution in [0.25, 0.3) is 21.3 Å². The van der Waals surface area contributed by atoms with Gasteiger partial charge in [-0.1, -0.05) is 12.1 Å². The van der Waals surface area contributed by atoms with Crippen molar-refractivity contribution in [2.45, 2.75) is 33.2 Å². The maximum absolute atomic E-state index is 13.3. The lowest BCUT2D eigenvalue weighted by molar-refractivity contribution is -0.117. The zero-order valence-electron chi connectivity index (χ0n) is 15.5. The zero-order chi connectivity index (χ0) is 19.6. The van der Waals surface area contributed by atoms with Crippen LogP contribution in [0, 0.1) is 12.7 Å². The SMILES string of the molecule is COCCc1nc2sc(C)c(-c3ccc(F)cc3)c2c(=O)n1CCC(C)=O. The van der Waals surface area contributed by atoms with Gasteiger partial charge in [0.1, 0.15) is 22.3 Å². The van der Waals surface area contributed by atoms with Gasteiger partial charge in [0.15, 0.2) is 0 Å². The standard InChI is InChI=1S/C20H21FN2O3S/c1-12(24)8-10-23-16(9-11-26-3)22-19-18(20(23)25)17(13(2)27-19)14-4-6-15(21)7-5-14/h4-7H,8-11H2,1-3H3. The Morgan fingerprint density at radius 3 is 2.63 bits per heavy atom. The van der Waals surface area contributed by atoms with E-state index in [1.807, 2.05) is 6.92 Å². The monoisotopic (exact) mass is 388 g/mol. The summed E-state index contributed by atoms with van der Waals surface area (Å²) in [6.45, 7) is 4.16. The summed E-state index contributed by atoms with van der Waals surface area (Å²) in [5, 5.41) is 0.522. The van der Waals surface area contributed by atoms with E-state index in [1.165, 1.54) is 30.4 Å². The maximum Gasteiger partial charge on any atom is 0.262 e. The maximum atomic E-state index is 13.3. The summed E-state index contributed by atoms with van der Waals surface area (Å²) in [5.74, 6) is 0.303. The number of carbonyl (C=O) groups excluding carboxylic acids is 1. The lowest BCUT2D eigenvalue weighted by Gasteiger charge is -2.12. The number of ketones is 1. The van der Waals surface area contributed by atoms with Crippen LogP contribution in [0.1, 0.15) is 24.0 Å². The summed E-state index contributed by atoms with van der Waals surface area (Å²) in [7, 11) is 1.60. The van der Waals surface area contributed by atoms with Crippen LogP contribution in [-0.2, 0) is 22.5 Å². The van der Waals surface area contributed by atoms with Gasteiger partial charge in [-0.3, -0.25) is 14.2 Å². The van der Waals surface area contributed by atoms with E-state index in [9.17, 15) is 14.0 Å². The van der Waals surface area contributed by atoms with E-state index >= 15 is 0 Å². The second kappa shape index (κ2) is 8.10. The van der Waals surface area contributed by atoms with E-state index < -0.39 is 0 Å². The summed E-state index contributed by atoms with van der Waals surface area (Å²) in [5.41, 5.74) is 1.39. The summed E-state index contributed by atoms with van der Waals surface area (Å²) < 4.78 is 20.0. The van der Waals surface area contributed by atoms with Crippen LogP contribution in [0.4, 0.5) is 4.39 Å². The van der Waals surface area contributed by atoms with Gasteiger partial charge in [0.05, 0.1) is 12.0 Å². The Balaban J connectivity index is 2.23. The Morgan fingerprint density at radius 2 is 2.00 bits per heavy atom. The highest BCUT2D eigenvalue weighted by atomic mass is 32.1. The summed E-state index contributed by atoms with van der Waals surface area (Å²) in [4.78, 5) is 31.0. The predicted octanol–water partition coefficient (Wildman–Crippen LogP) is 3.74. The van der Waals surface area contributed by atoms with Crippen LogP contribution < -0.4 is 5.56 Å². The first-order valence-electron chi connectivity index (χ1n) is 8.69. The molecule has 27 heavy (non-hydrogen) atoms. The largest absolute Gasteiger partial charge is 0.384 e. The molecule has 0 N–H and O–H groups in total. The predicted molar refractivity (Wildman–Crippen MR) is 105 cm³/mol. The molecule has 0 bridgehead atoms. The molecule has 3 rings (SSSR count). The molecule has 0 aliphatic rings. The second-order valence-corrected chi connectivity index (χ2v) is 7.60. The molecule has 0 aliphatic heterocycles. The molecule has 7 heteroatoms. The van der Waals surface area contributed by atoms with E-state index in [-0.39, 0.29) is 30.1 Å². The lowest BCUT2D eigenvalue weighted by atomic mass is 10.0. The molecule has 0 atom stereocenters. The number of aromatic nitrogens is 2. The van der Waals surface area contributed by atoms with Crippen LogP contribution in [0.3, 0.4) is 0 Å². The van der Waals surface area contributed by atoms with Gasteiger partial charge < -0.3 is 4.74 Å². The fourth-order valence-electron chi connectivity index (χ4n) is 3.09. The number of hydrogen-bond donors (Lipinski definition) is 0. The number of thiophene rings is 1. The zero-order valence-corrected chi connectivity index (χ0v) is 16.4. The summed E-state index contributed by atoms with van der Waals surface area (Å²) >= 11 is 1.45. The third kappa shape index (κ3) is 3.99. The molecule has 1 aromatic carbocycles. The summed E-state index contributed by atoms with van der Waals surface area (Å²) in [6, 6.07) is 6.10. The molecule has 0 amide bonds. The quantitative estimate of drug-likeness (QED) is 0.619. The molecule has 0 aliphatic carbocycles. The van der Waals surface area contributed by atoms with E-state index in [0.717, 1.165) is 16.0 Å². The third-order valence-corrected chi connectivity index (χ3v) is 5.42. The number of halogens is 1. The van der Waals surface area contributed by atoms with Crippen molar-refractivity contribution in [3.8, 4) is 11.1 Å². The fraction of sp³-hybridized carbons (Fsp3) is 0.350. The molecule has 0 fully saturated rings. The molecule has 0 unspecified atom stereocenters. The topological polar surface area (TPSA) is 61.2 Å².